The molecule has 0 heterocycles. The van der Waals surface area contributed by atoms with E-state index in [1.807, 2.05) is 25.1 Å². The zero-order valence-electron chi connectivity index (χ0n) is 9.57. The van der Waals surface area contributed by atoms with Crippen molar-refractivity contribution >= 4 is 5.91 Å². The molecule has 0 saturated heterocycles. The fourth-order valence-corrected chi connectivity index (χ4v) is 1.92. The van der Waals surface area contributed by atoms with Crippen molar-refractivity contribution in [3.8, 4) is 0 Å². The van der Waals surface area contributed by atoms with Gasteiger partial charge < -0.3 is 10.6 Å². The molecule has 3 nitrogen and oxygen atoms in total. The summed E-state index contributed by atoms with van der Waals surface area (Å²) in [5.74, 6) is 0.622. The first-order valence-electron chi connectivity index (χ1n) is 5.86. The Morgan fingerprint density at radius 2 is 2.12 bits per heavy atom. The van der Waals surface area contributed by atoms with Gasteiger partial charge in [-0.25, -0.2) is 0 Å². The maximum atomic E-state index is 11.5. The fraction of sp³-hybridized carbons (Fsp3) is 0.462. The first-order valence-corrected chi connectivity index (χ1v) is 5.86. The molecule has 3 heteroatoms. The number of nitrogens with one attached hydrogen (secondary N) is 2. The predicted octanol–water partition coefficient (Wildman–Crippen LogP) is 1.27. The molecule has 0 aliphatic heterocycles. The van der Waals surface area contributed by atoms with Crippen LogP contribution in [0.5, 0.6) is 0 Å². The maximum Gasteiger partial charge on any atom is 0.234 e. The van der Waals surface area contributed by atoms with E-state index in [-0.39, 0.29) is 5.91 Å². The van der Waals surface area contributed by atoms with E-state index in [0.717, 1.165) is 13.0 Å². The van der Waals surface area contributed by atoms with Gasteiger partial charge in [-0.2, -0.15) is 0 Å². The van der Waals surface area contributed by atoms with E-state index >= 15 is 0 Å². The van der Waals surface area contributed by atoms with Gasteiger partial charge in [0, 0.05) is 12.0 Å². The number of likely N-dealkylation sites (N-methyl/N-ethyl adjacent to an activating group) is 1. The lowest BCUT2D eigenvalue weighted by atomic mass is 10.1. The standard InChI is InChI=1S/C13H18N2O/c1-2-14-9-13(16)15-12-8-11(12)10-6-4-3-5-7-10/h3-7,11-12,14H,2,8-9H2,1H3,(H,15,16). The van der Waals surface area contributed by atoms with Gasteiger partial charge in [0.1, 0.15) is 0 Å². The fourth-order valence-electron chi connectivity index (χ4n) is 1.92. The van der Waals surface area contributed by atoms with Crippen molar-refractivity contribution in [2.75, 3.05) is 13.1 Å². The van der Waals surface area contributed by atoms with Crippen LogP contribution in [-0.4, -0.2) is 25.0 Å². The van der Waals surface area contributed by atoms with Crippen molar-refractivity contribution in [2.45, 2.75) is 25.3 Å². The van der Waals surface area contributed by atoms with Crippen LogP contribution in [0.1, 0.15) is 24.8 Å². The Morgan fingerprint density at radius 3 is 2.81 bits per heavy atom. The topological polar surface area (TPSA) is 41.1 Å². The molecule has 1 amide bonds. The second kappa shape index (κ2) is 5.12. The molecule has 1 saturated carbocycles. The number of benzene rings is 1. The minimum Gasteiger partial charge on any atom is -0.352 e. The van der Waals surface area contributed by atoms with Crippen molar-refractivity contribution in [3.05, 3.63) is 35.9 Å². The smallest absolute Gasteiger partial charge is 0.234 e. The Balaban J connectivity index is 1.77. The Hall–Kier alpha value is -1.35. The van der Waals surface area contributed by atoms with Gasteiger partial charge >= 0.3 is 0 Å². The summed E-state index contributed by atoms with van der Waals surface area (Å²) < 4.78 is 0. The monoisotopic (exact) mass is 218 g/mol. The van der Waals surface area contributed by atoms with Gasteiger partial charge in [-0.05, 0) is 18.5 Å². The van der Waals surface area contributed by atoms with Crippen molar-refractivity contribution in [1.29, 1.82) is 0 Å². The van der Waals surface area contributed by atoms with Crippen molar-refractivity contribution < 1.29 is 4.79 Å². The molecule has 0 aromatic heterocycles. The summed E-state index contributed by atoms with van der Waals surface area (Å²) in [7, 11) is 0. The highest BCUT2D eigenvalue weighted by Gasteiger charge is 2.39. The number of amides is 1. The second-order valence-electron chi connectivity index (χ2n) is 4.21. The minimum absolute atomic E-state index is 0.102. The lowest BCUT2D eigenvalue weighted by molar-refractivity contribution is -0.120. The Labute approximate surface area is 96.2 Å². The van der Waals surface area contributed by atoms with E-state index in [1.54, 1.807) is 0 Å². The highest BCUT2D eigenvalue weighted by molar-refractivity contribution is 5.78. The highest BCUT2D eigenvalue weighted by Crippen LogP contribution is 2.40. The average Bonchev–Trinajstić information content (AvgIpc) is 3.07. The lowest BCUT2D eigenvalue weighted by Crippen LogP contribution is -2.35. The molecule has 2 unspecified atom stereocenters. The van der Waals surface area contributed by atoms with Gasteiger partial charge in [0.15, 0.2) is 0 Å². The number of hydrogen-bond acceptors (Lipinski definition) is 2. The van der Waals surface area contributed by atoms with Crippen LogP contribution < -0.4 is 10.6 Å². The molecule has 0 bridgehead atoms. The highest BCUT2D eigenvalue weighted by atomic mass is 16.2. The van der Waals surface area contributed by atoms with Crippen molar-refractivity contribution in [1.82, 2.24) is 10.6 Å². The third-order valence-electron chi connectivity index (χ3n) is 2.90. The SMILES string of the molecule is CCNCC(=O)NC1CC1c1ccccc1. The van der Waals surface area contributed by atoms with Gasteiger partial charge in [-0.3, -0.25) is 4.79 Å². The normalized spacial score (nSPS) is 22.8. The van der Waals surface area contributed by atoms with Gasteiger partial charge in [0.25, 0.3) is 0 Å². The van der Waals surface area contributed by atoms with E-state index in [1.165, 1.54) is 5.56 Å². The van der Waals surface area contributed by atoms with Gasteiger partial charge in [0.2, 0.25) is 5.91 Å². The summed E-state index contributed by atoms with van der Waals surface area (Å²) in [6, 6.07) is 10.7. The molecule has 0 radical (unpaired) electrons. The molecule has 16 heavy (non-hydrogen) atoms. The Morgan fingerprint density at radius 1 is 1.38 bits per heavy atom. The van der Waals surface area contributed by atoms with Crippen LogP contribution in [0.15, 0.2) is 30.3 Å². The van der Waals surface area contributed by atoms with Crippen LogP contribution in [0.3, 0.4) is 0 Å². The second-order valence-corrected chi connectivity index (χ2v) is 4.21. The molecule has 1 aliphatic carbocycles. The van der Waals surface area contributed by atoms with Crippen LogP contribution in [0, 0.1) is 0 Å². The summed E-state index contributed by atoms with van der Waals surface area (Å²) in [5.41, 5.74) is 1.33. The van der Waals surface area contributed by atoms with Gasteiger partial charge in [0.05, 0.1) is 6.54 Å². The zero-order valence-corrected chi connectivity index (χ0v) is 9.57. The maximum absolute atomic E-state index is 11.5. The molecule has 2 N–H and O–H groups in total. The first kappa shape index (κ1) is 11.1. The van der Waals surface area contributed by atoms with Crippen LogP contribution in [-0.2, 0) is 4.79 Å². The third-order valence-corrected chi connectivity index (χ3v) is 2.90. The molecule has 2 rings (SSSR count). The van der Waals surface area contributed by atoms with Crippen LogP contribution in [0.25, 0.3) is 0 Å². The molecule has 1 aromatic rings. The van der Waals surface area contributed by atoms with Crippen molar-refractivity contribution in [3.63, 3.8) is 0 Å². The largest absolute Gasteiger partial charge is 0.352 e. The first-order chi connectivity index (χ1) is 7.81. The van der Waals surface area contributed by atoms with E-state index in [2.05, 4.69) is 22.8 Å². The molecule has 0 spiro atoms. The molecule has 2 atom stereocenters. The van der Waals surface area contributed by atoms with E-state index in [4.69, 9.17) is 0 Å². The summed E-state index contributed by atoms with van der Waals surface area (Å²) in [4.78, 5) is 11.5. The molecule has 1 fully saturated rings. The quantitative estimate of drug-likeness (QED) is 0.781. The molecule has 1 aliphatic rings. The minimum atomic E-state index is 0.102. The zero-order chi connectivity index (χ0) is 11.4. The molecular weight excluding hydrogens is 200 g/mol. The molecule has 86 valence electrons. The number of carbonyl (C=O) groups is 1. The van der Waals surface area contributed by atoms with Crippen molar-refractivity contribution in [2.24, 2.45) is 0 Å². The number of rotatable bonds is 5. The summed E-state index contributed by atoms with van der Waals surface area (Å²) in [5, 5.41) is 6.06. The number of carbonyl (C=O) groups excluding carboxylic acids is 1. The van der Waals surface area contributed by atoms with Crippen LogP contribution in [0.2, 0.25) is 0 Å². The van der Waals surface area contributed by atoms with Crippen LogP contribution >= 0.6 is 0 Å². The summed E-state index contributed by atoms with van der Waals surface area (Å²) >= 11 is 0. The summed E-state index contributed by atoms with van der Waals surface area (Å²) in [6.07, 6.45) is 1.07. The average molecular weight is 218 g/mol. The van der Waals surface area contributed by atoms with Gasteiger partial charge in [-0.15, -0.1) is 0 Å². The molecular formula is C13H18N2O. The van der Waals surface area contributed by atoms with E-state index < -0.39 is 0 Å². The van der Waals surface area contributed by atoms with Gasteiger partial charge in [-0.1, -0.05) is 37.3 Å². The third kappa shape index (κ3) is 2.83. The Bertz CT molecular complexity index is 350. The van der Waals surface area contributed by atoms with Crippen LogP contribution in [0.4, 0.5) is 0 Å². The Kier molecular flexibility index (Phi) is 3.57. The number of hydrogen-bond donors (Lipinski definition) is 2. The summed E-state index contributed by atoms with van der Waals surface area (Å²) in [6.45, 7) is 3.26. The van der Waals surface area contributed by atoms with E-state index in [9.17, 15) is 4.79 Å². The molecule has 1 aromatic carbocycles. The van der Waals surface area contributed by atoms with E-state index in [0.29, 0.717) is 18.5 Å². The lowest BCUT2D eigenvalue weighted by Gasteiger charge is -2.05. The predicted molar refractivity (Wildman–Crippen MR) is 64.3 cm³/mol.